The van der Waals surface area contributed by atoms with Gasteiger partial charge in [0, 0.05) is 19.8 Å². The van der Waals surface area contributed by atoms with Crippen LogP contribution < -0.4 is 15.8 Å². The molecule has 2 N–H and O–H groups in total. The summed E-state index contributed by atoms with van der Waals surface area (Å²) in [6.45, 7) is 0. The van der Waals surface area contributed by atoms with E-state index in [4.69, 9.17) is 0 Å². The van der Waals surface area contributed by atoms with Gasteiger partial charge in [-0.25, -0.2) is 0 Å². The minimum atomic E-state index is 0.597. The molecule has 13 heavy (non-hydrogen) atoms. The highest BCUT2D eigenvalue weighted by Crippen LogP contribution is 2.14. The summed E-state index contributed by atoms with van der Waals surface area (Å²) in [6, 6.07) is 7.72. The quantitative estimate of drug-likeness (QED) is 0.531. The van der Waals surface area contributed by atoms with E-state index in [1.165, 1.54) is 0 Å². The summed E-state index contributed by atoms with van der Waals surface area (Å²) in [4.78, 5) is 12.0. The Hall–Kier alpha value is -1.71. The van der Waals surface area contributed by atoms with Crippen LogP contribution in [-0.4, -0.2) is 20.5 Å². The number of carbonyl (C=O) groups is 1. The minimum absolute atomic E-state index is 0.597. The average molecular weight is 179 g/mol. The number of nitrogens with one attached hydrogen (secondary N) is 2. The normalized spacial score (nSPS) is 9.08. The summed E-state index contributed by atoms with van der Waals surface area (Å²) in [5.41, 5.74) is 7.07. The van der Waals surface area contributed by atoms with Crippen molar-refractivity contribution >= 4 is 17.8 Å². The first-order chi connectivity index (χ1) is 6.24. The monoisotopic (exact) mass is 179 g/mol. The van der Waals surface area contributed by atoms with Gasteiger partial charge in [-0.3, -0.25) is 15.6 Å². The molecule has 4 nitrogen and oxygen atoms in total. The van der Waals surface area contributed by atoms with Gasteiger partial charge in [0.25, 0.3) is 0 Å². The lowest BCUT2D eigenvalue weighted by molar-refractivity contribution is -0.109. The molecule has 0 aliphatic heterocycles. The summed E-state index contributed by atoms with van der Waals surface area (Å²) in [5, 5.41) is 0. The highest BCUT2D eigenvalue weighted by Gasteiger charge is 1.94. The molecule has 4 heteroatoms. The first-order valence-corrected chi connectivity index (χ1v) is 3.96. The van der Waals surface area contributed by atoms with E-state index in [0.29, 0.717) is 6.41 Å². The number of nitrogens with zero attached hydrogens (tertiary/aromatic N) is 1. The van der Waals surface area contributed by atoms with Gasteiger partial charge >= 0.3 is 0 Å². The standard InChI is InChI=1S/C9H13N3O/c1-12(2)9-5-3-8(4-6-9)11-10-7-13/h3-7,11H,1-2H3,(H,10,13). The molecule has 0 fully saturated rings. The van der Waals surface area contributed by atoms with Crippen molar-refractivity contribution in [3.05, 3.63) is 24.3 Å². The van der Waals surface area contributed by atoms with E-state index in [-0.39, 0.29) is 0 Å². The Bertz CT molecular complexity index is 269. The Balaban J connectivity index is 2.64. The Morgan fingerprint density at radius 2 is 1.85 bits per heavy atom. The largest absolute Gasteiger partial charge is 0.378 e. The molecule has 1 rings (SSSR count). The lowest BCUT2D eigenvalue weighted by Gasteiger charge is -2.12. The van der Waals surface area contributed by atoms with Crippen LogP contribution in [0.5, 0.6) is 0 Å². The predicted molar refractivity (Wildman–Crippen MR) is 53.6 cm³/mol. The maximum Gasteiger partial charge on any atom is 0.225 e. The topological polar surface area (TPSA) is 44.4 Å². The average Bonchev–Trinajstić information content (AvgIpc) is 2.15. The van der Waals surface area contributed by atoms with Crippen LogP contribution in [0.3, 0.4) is 0 Å². The molecule has 0 aliphatic carbocycles. The maximum atomic E-state index is 9.97. The molecule has 0 atom stereocenters. The Morgan fingerprint density at radius 1 is 1.23 bits per heavy atom. The third-order valence-electron chi connectivity index (χ3n) is 1.66. The molecule has 70 valence electrons. The molecule has 0 spiro atoms. The van der Waals surface area contributed by atoms with Crippen LogP contribution in [0.2, 0.25) is 0 Å². The molecule has 0 radical (unpaired) electrons. The molecule has 0 saturated carbocycles. The highest BCUT2D eigenvalue weighted by atomic mass is 16.1. The summed E-state index contributed by atoms with van der Waals surface area (Å²) in [6.07, 6.45) is 0.597. The van der Waals surface area contributed by atoms with Crippen molar-refractivity contribution < 1.29 is 4.79 Å². The number of benzene rings is 1. The first-order valence-electron chi connectivity index (χ1n) is 3.96. The van der Waals surface area contributed by atoms with Crippen molar-refractivity contribution in [3.63, 3.8) is 0 Å². The highest BCUT2D eigenvalue weighted by molar-refractivity contribution is 5.57. The van der Waals surface area contributed by atoms with Crippen LogP contribution in [0.25, 0.3) is 0 Å². The van der Waals surface area contributed by atoms with Crippen LogP contribution in [0.4, 0.5) is 11.4 Å². The molecule has 1 aromatic carbocycles. The molecule has 0 bridgehead atoms. The second kappa shape index (κ2) is 4.35. The maximum absolute atomic E-state index is 9.97. The van der Waals surface area contributed by atoms with Crippen LogP contribution in [0, 0.1) is 0 Å². The molecule has 0 saturated heterocycles. The fraction of sp³-hybridized carbons (Fsp3) is 0.222. The van der Waals surface area contributed by atoms with Gasteiger partial charge < -0.3 is 4.90 Å². The van der Waals surface area contributed by atoms with Gasteiger partial charge in [-0.2, -0.15) is 0 Å². The molecule has 1 amide bonds. The Kier molecular flexibility index (Phi) is 3.14. The smallest absolute Gasteiger partial charge is 0.225 e. The van der Waals surface area contributed by atoms with Gasteiger partial charge in [0.15, 0.2) is 0 Å². The van der Waals surface area contributed by atoms with Crippen LogP contribution in [0.15, 0.2) is 24.3 Å². The number of amides is 1. The Morgan fingerprint density at radius 3 is 2.31 bits per heavy atom. The zero-order valence-electron chi connectivity index (χ0n) is 7.74. The zero-order chi connectivity index (χ0) is 9.68. The van der Waals surface area contributed by atoms with Crippen molar-refractivity contribution in [3.8, 4) is 0 Å². The van der Waals surface area contributed by atoms with Crippen molar-refractivity contribution in [2.24, 2.45) is 0 Å². The third kappa shape index (κ3) is 2.66. The molecule has 1 aromatic rings. The predicted octanol–water partition coefficient (Wildman–Crippen LogP) is 0.825. The van der Waals surface area contributed by atoms with E-state index >= 15 is 0 Å². The molecule has 0 aliphatic rings. The van der Waals surface area contributed by atoms with Crippen LogP contribution >= 0.6 is 0 Å². The first kappa shape index (κ1) is 9.38. The molecule has 0 heterocycles. The van der Waals surface area contributed by atoms with E-state index < -0.39 is 0 Å². The number of rotatable bonds is 4. The van der Waals surface area contributed by atoms with Crippen molar-refractivity contribution in [1.29, 1.82) is 0 Å². The summed E-state index contributed by atoms with van der Waals surface area (Å²) >= 11 is 0. The van der Waals surface area contributed by atoms with Gasteiger partial charge in [-0.15, -0.1) is 0 Å². The van der Waals surface area contributed by atoms with Crippen molar-refractivity contribution in [1.82, 2.24) is 5.43 Å². The molecule has 0 unspecified atom stereocenters. The number of carbonyl (C=O) groups excluding carboxylic acids is 1. The van der Waals surface area contributed by atoms with Crippen LogP contribution in [-0.2, 0) is 4.79 Å². The van der Waals surface area contributed by atoms with E-state index in [1.54, 1.807) is 0 Å². The SMILES string of the molecule is CN(C)c1ccc(NNC=O)cc1. The molecule has 0 aromatic heterocycles. The number of hydrogen-bond acceptors (Lipinski definition) is 3. The van der Waals surface area contributed by atoms with Gasteiger partial charge in [-0.05, 0) is 24.3 Å². The van der Waals surface area contributed by atoms with E-state index in [0.717, 1.165) is 11.4 Å². The molecular weight excluding hydrogens is 166 g/mol. The number of hydrogen-bond donors (Lipinski definition) is 2. The van der Waals surface area contributed by atoms with Gasteiger partial charge in [0.05, 0.1) is 5.69 Å². The minimum Gasteiger partial charge on any atom is -0.378 e. The van der Waals surface area contributed by atoms with E-state index in [2.05, 4.69) is 10.9 Å². The van der Waals surface area contributed by atoms with Crippen molar-refractivity contribution in [2.45, 2.75) is 0 Å². The second-order valence-corrected chi connectivity index (χ2v) is 2.83. The van der Waals surface area contributed by atoms with E-state index in [9.17, 15) is 4.79 Å². The van der Waals surface area contributed by atoms with Crippen molar-refractivity contribution in [2.75, 3.05) is 24.4 Å². The fourth-order valence-electron chi connectivity index (χ4n) is 0.956. The summed E-state index contributed by atoms with van der Waals surface area (Å²) in [7, 11) is 3.96. The van der Waals surface area contributed by atoms with Crippen LogP contribution in [0.1, 0.15) is 0 Å². The Labute approximate surface area is 77.5 Å². The fourth-order valence-corrected chi connectivity index (χ4v) is 0.956. The van der Waals surface area contributed by atoms with E-state index in [1.807, 2.05) is 43.3 Å². The second-order valence-electron chi connectivity index (χ2n) is 2.83. The number of hydrazine groups is 1. The zero-order valence-corrected chi connectivity index (χ0v) is 7.74. The molecular formula is C9H13N3O. The van der Waals surface area contributed by atoms with Gasteiger partial charge in [-0.1, -0.05) is 0 Å². The third-order valence-corrected chi connectivity index (χ3v) is 1.66. The summed E-state index contributed by atoms with van der Waals surface area (Å²) < 4.78 is 0. The van der Waals surface area contributed by atoms with Gasteiger partial charge in [0.1, 0.15) is 0 Å². The summed E-state index contributed by atoms with van der Waals surface area (Å²) in [5.74, 6) is 0. The number of anilines is 2. The lowest BCUT2D eigenvalue weighted by Crippen LogP contribution is -2.18. The lowest BCUT2D eigenvalue weighted by atomic mass is 10.3. The van der Waals surface area contributed by atoms with Gasteiger partial charge in [0.2, 0.25) is 6.41 Å².